The lowest BCUT2D eigenvalue weighted by Gasteiger charge is -2.41. The zero-order chi connectivity index (χ0) is 14.8. The van der Waals surface area contributed by atoms with Gasteiger partial charge in [-0.3, -0.25) is 4.57 Å². The van der Waals surface area contributed by atoms with Crippen LogP contribution in [0, 0.1) is 11.8 Å². The van der Waals surface area contributed by atoms with Gasteiger partial charge in [-0.25, -0.2) is 0 Å². The minimum Gasteiger partial charge on any atom is -0.390 e. The smallest absolute Gasteiger partial charge is 0.328 e. The fourth-order valence-electron chi connectivity index (χ4n) is 2.71. The number of rotatable bonds is 5. The van der Waals surface area contributed by atoms with Crippen molar-refractivity contribution in [2.75, 3.05) is 6.66 Å². The van der Waals surface area contributed by atoms with Crippen LogP contribution < -0.4 is 0 Å². The Balaban J connectivity index is 2.76. The molecular weight excluding hydrogens is 262 g/mol. The van der Waals surface area contributed by atoms with Crippen molar-refractivity contribution in [3.05, 3.63) is 0 Å². The Morgan fingerprint density at radius 3 is 2.32 bits per heavy atom. The molecule has 1 saturated carbocycles. The van der Waals surface area contributed by atoms with Crippen LogP contribution in [-0.4, -0.2) is 37.9 Å². The summed E-state index contributed by atoms with van der Waals surface area (Å²) in [4.78, 5) is 0. The molecule has 0 heterocycles. The Labute approximate surface area is 118 Å². The van der Waals surface area contributed by atoms with Crippen LogP contribution >= 0.6 is 7.60 Å². The van der Waals surface area contributed by atoms with Gasteiger partial charge in [0.15, 0.2) is 0 Å². The number of aliphatic hydroxyl groups is 1. The highest BCUT2D eigenvalue weighted by Crippen LogP contribution is 2.51. The van der Waals surface area contributed by atoms with E-state index in [1.807, 2.05) is 0 Å². The highest BCUT2D eigenvalue weighted by atomic mass is 31.2. The number of aliphatic hydroxyl groups excluding tert-OH is 1. The third-order valence-electron chi connectivity index (χ3n) is 3.60. The van der Waals surface area contributed by atoms with Crippen LogP contribution in [-0.2, 0) is 13.6 Å². The van der Waals surface area contributed by atoms with E-state index < -0.39 is 19.8 Å². The topological polar surface area (TPSA) is 55.8 Å². The third kappa shape index (κ3) is 4.89. The van der Waals surface area contributed by atoms with E-state index in [9.17, 15) is 9.67 Å². The first-order valence-electron chi connectivity index (χ1n) is 7.02. The minimum absolute atomic E-state index is 0.129. The maximum absolute atomic E-state index is 12.2. The molecule has 2 radical (unpaired) electrons. The largest absolute Gasteiger partial charge is 0.390 e. The van der Waals surface area contributed by atoms with Gasteiger partial charge in [0.05, 0.1) is 26.2 Å². The Morgan fingerprint density at radius 2 is 1.84 bits per heavy atom. The molecule has 0 bridgehead atoms. The molecule has 0 aromatic carbocycles. The van der Waals surface area contributed by atoms with Gasteiger partial charge in [-0.1, -0.05) is 20.3 Å². The summed E-state index contributed by atoms with van der Waals surface area (Å²) in [6.45, 7) is 9.17. The van der Waals surface area contributed by atoms with Crippen LogP contribution in [0.25, 0.3) is 0 Å². The van der Waals surface area contributed by atoms with E-state index in [0.29, 0.717) is 5.92 Å². The van der Waals surface area contributed by atoms with Gasteiger partial charge in [-0.2, -0.15) is 0 Å². The normalized spacial score (nSPS) is 35.6. The van der Waals surface area contributed by atoms with E-state index >= 15 is 0 Å². The summed E-state index contributed by atoms with van der Waals surface area (Å²) in [6.07, 6.45) is 0.155. The lowest BCUT2D eigenvalue weighted by molar-refractivity contribution is -0.0506. The van der Waals surface area contributed by atoms with Crippen LogP contribution in [0.15, 0.2) is 0 Å². The van der Waals surface area contributed by atoms with E-state index in [4.69, 9.17) is 16.9 Å². The molecular formula is C13H26BO4P. The van der Waals surface area contributed by atoms with Crippen molar-refractivity contribution in [2.45, 2.75) is 64.7 Å². The zero-order valence-corrected chi connectivity index (χ0v) is 13.5. The molecule has 1 aliphatic rings. The molecule has 0 aromatic heterocycles. The van der Waals surface area contributed by atoms with Crippen LogP contribution in [0.4, 0.5) is 0 Å². The van der Waals surface area contributed by atoms with Crippen molar-refractivity contribution in [1.82, 2.24) is 0 Å². The van der Waals surface area contributed by atoms with Crippen molar-refractivity contribution in [1.29, 1.82) is 0 Å². The predicted molar refractivity (Wildman–Crippen MR) is 77.7 cm³/mol. The van der Waals surface area contributed by atoms with E-state index in [1.165, 1.54) is 6.66 Å². The van der Waals surface area contributed by atoms with Crippen LogP contribution in [0.2, 0.25) is 5.82 Å². The molecule has 0 aromatic rings. The van der Waals surface area contributed by atoms with Gasteiger partial charge in [-0.15, -0.1) is 0 Å². The van der Waals surface area contributed by atoms with E-state index in [2.05, 4.69) is 13.8 Å². The van der Waals surface area contributed by atoms with Crippen molar-refractivity contribution < 1.29 is 18.7 Å². The molecule has 1 N–H and O–H groups in total. The molecule has 1 aliphatic carbocycles. The molecule has 6 heteroatoms. The molecule has 0 amide bonds. The lowest BCUT2D eigenvalue weighted by Crippen LogP contribution is -2.44. The summed E-state index contributed by atoms with van der Waals surface area (Å²) in [5.41, 5.74) is 0. The van der Waals surface area contributed by atoms with Crippen molar-refractivity contribution in [3.63, 3.8) is 0 Å². The molecule has 0 spiro atoms. The van der Waals surface area contributed by atoms with Gasteiger partial charge >= 0.3 is 7.60 Å². The maximum Gasteiger partial charge on any atom is 0.328 e. The molecule has 4 nitrogen and oxygen atoms in total. The molecule has 1 rings (SSSR count). The molecule has 0 saturated heterocycles. The maximum atomic E-state index is 12.2. The quantitative estimate of drug-likeness (QED) is 0.624. The van der Waals surface area contributed by atoms with Gasteiger partial charge in [0.25, 0.3) is 0 Å². The second kappa shape index (κ2) is 6.75. The molecule has 110 valence electrons. The first kappa shape index (κ1) is 17.2. The molecule has 5 atom stereocenters. The Hall–Kier alpha value is 0.175. The Morgan fingerprint density at radius 1 is 1.26 bits per heavy atom. The fourth-order valence-corrected chi connectivity index (χ4v) is 4.25. The van der Waals surface area contributed by atoms with Gasteiger partial charge in [0, 0.05) is 6.66 Å². The monoisotopic (exact) mass is 288 g/mol. The molecule has 1 fully saturated rings. The summed E-state index contributed by atoms with van der Waals surface area (Å²) in [5, 5.41) is 10.4. The zero-order valence-electron chi connectivity index (χ0n) is 12.6. The summed E-state index contributed by atoms with van der Waals surface area (Å²) in [7, 11) is 2.82. The molecule has 0 aliphatic heterocycles. The van der Waals surface area contributed by atoms with E-state index in [-0.39, 0.29) is 17.8 Å². The van der Waals surface area contributed by atoms with Crippen LogP contribution in [0.3, 0.4) is 0 Å². The fraction of sp³-hybridized carbons (Fsp3) is 1.00. The van der Waals surface area contributed by atoms with Gasteiger partial charge in [0.1, 0.15) is 0 Å². The number of hydrogen-bond donors (Lipinski definition) is 1. The second-order valence-corrected chi connectivity index (χ2v) is 8.10. The Bertz CT molecular complexity index is 335. The second-order valence-electron chi connectivity index (χ2n) is 6.14. The predicted octanol–water partition coefficient (Wildman–Crippen LogP) is 3.00. The average Bonchev–Trinajstić information content (AvgIpc) is 2.21. The average molecular weight is 288 g/mol. The number of hydrogen-bond acceptors (Lipinski definition) is 4. The highest BCUT2D eigenvalue weighted by Gasteiger charge is 2.41. The third-order valence-corrected chi connectivity index (χ3v) is 5.03. The molecule has 5 unspecified atom stereocenters. The highest BCUT2D eigenvalue weighted by molar-refractivity contribution is 7.53. The SMILES string of the molecule is [B]C1CCC(C(C)C)C(O)C1OP(C)(=O)OC(C)C. The van der Waals surface area contributed by atoms with Gasteiger partial charge < -0.3 is 14.2 Å². The van der Waals surface area contributed by atoms with E-state index in [1.54, 1.807) is 13.8 Å². The van der Waals surface area contributed by atoms with Gasteiger partial charge in [0.2, 0.25) is 0 Å². The van der Waals surface area contributed by atoms with Crippen LogP contribution in [0.1, 0.15) is 40.5 Å². The summed E-state index contributed by atoms with van der Waals surface area (Å²) in [6, 6.07) is 0. The first-order valence-corrected chi connectivity index (χ1v) is 9.01. The summed E-state index contributed by atoms with van der Waals surface area (Å²) < 4.78 is 23.1. The minimum atomic E-state index is -3.19. The summed E-state index contributed by atoms with van der Waals surface area (Å²) in [5.74, 6) is 0.175. The molecule has 19 heavy (non-hydrogen) atoms. The van der Waals surface area contributed by atoms with Crippen molar-refractivity contribution in [3.8, 4) is 0 Å². The lowest BCUT2D eigenvalue weighted by atomic mass is 9.66. The van der Waals surface area contributed by atoms with E-state index in [0.717, 1.165) is 12.8 Å². The standard InChI is InChI=1S/C13H26BO4P/c1-8(2)10-6-7-11(14)13(12(10)15)18-19(5,16)17-9(3)4/h8-13,15H,6-7H2,1-5H3. The first-order chi connectivity index (χ1) is 8.64. The van der Waals surface area contributed by atoms with Crippen LogP contribution in [0.5, 0.6) is 0 Å². The van der Waals surface area contributed by atoms with Gasteiger partial charge in [-0.05, 0) is 37.9 Å². The summed E-state index contributed by atoms with van der Waals surface area (Å²) >= 11 is 0. The van der Waals surface area contributed by atoms with Crippen molar-refractivity contribution >= 4 is 15.4 Å². The van der Waals surface area contributed by atoms with Crippen molar-refractivity contribution in [2.24, 2.45) is 11.8 Å². The Kier molecular flexibility index (Phi) is 6.12.